The van der Waals surface area contributed by atoms with Gasteiger partial charge in [0.15, 0.2) is 5.82 Å². The predicted molar refractivity (Wildman–Crippen MR) is 108 cm³/mol. The van der Waals surface area contributed by atoms with Gasteiger partial charge in [-0.3, -0.25) is 0 Å². The topological polar surface area (TPSA) is 88.0 Å². The Morgan fingerprint density at radius 2 is 1.92 bits per heavy atom. The van der Waals surface area contributed by atoms with Crippen molar-refractivity contribution in [2.75, 3.05) is 10.6 Å². The van der Waals surface area contributed by atoms with Gasteiger partial charge in [-0.05, 0) is 39.0 Å². The molecule has 0 saturated heterocycles. The van der Waals surface area contributed by atoms with E-state index in [0.717, 1.165) is 0 Å². The summed E-state index contributed by atoms with van der Waals surface area (Å²) in [7, 11) is 0. The Kier molecular flexibility index (Phi) is 7.06. The predicted octanol–water partition coefficient (Wildman–Crippen LogP) is 4.50. The summed E-state index contributed by atoms with van der Waals surface area (Å²) in [6.07, 6.45) is 3.00. The molecule has 0 fully saturated rings. The van der Waals surface area contributed by atoms with Crippen molar-refractivity contribution < 1.29 is 0 Å². The van der Waals surface area contributed by atoms with Gasteiger partial charge >= 0.3 is 0 Å². The van der Waals surface area contributed by atoms with Crippen LogP contribution in [0.25, 0.3) is 11.5 Å². The van der Waals surface area contributed by atoms with Crippen molar-refractivity contribution in [3.8, 4) is 11.5 Å². The van der Waals surface area contributed by atoms with Crippen LogP contribution in [0, 0.1) is 0 Å². The van der Waals surface area contributed by atoms with Gasteiger partial charge in [0.25, 0.3) is 0 Å². The fourth-order valence-corrected chi connectivity index (χ4v) is 2.31. The van der Waals surface area contributed by atoms with Crippen LogP contribution in [-0.4, -0.2) is 31.1 Å². The van der Waals surface area contributed by atoms with Crippen molar-refractivity contribution in [3.05, 3.63) is 47.9 Å². The number of anilines is 2. The van der Waals surface area contributed by atoms with Gasteiger partial charge in [-0.15, -0.1) is 0 Å². The number of hydrogen-bond acceptors (Lipinski definition) is 7. The Morgan fingerprint density at radius 1 is 1.19 bits per heavy atom. The van der Waals surface area contributed by atoms with Crippen LogP contribution in [0.2, 0.25) is 5.15 Å². The highest BCUT2D eigenvalue weighted by Gasteiger charge is 2.11. The lowest BCUT2D eigenvalue weighted by molar-refractivity contribution is 0.868. The van der Waals surface area contributed by atoms with Crippen molar-refractivity contribution in [1.29, 1.82) is 0 Å². The standard InChI is InChI=1S/C17H19Cl2N7/c1-5-20-14(19)9-11(4)22-17-25-15(12-7-6-8-13(18)23-12)24-16(26-17)21-10(2)3/h5-10H,1H2,2-4H3,(H2,21,22,24,25,26)/b11-9+,20-14?. The average molecular weight is 392 g/mol. The van der Waals surface area contributed by atoms with E-state index in [2.05, 4.69) is 42.1 Å². The van der Waals surface area contributed by atoms with Gasteiger partial charge in [-0.25, -0.2) is 9.98 Å². The summed E-state index contributed by atoms with van der Waals surface area (Å²) in [6, 6.07) is 5.40. The molecule has 0 saturated carbocycles. The molecule has 0 aliphatic heterocycles. The molecular formula is C17H19Cl2N7. The third-order valence-corrected chi connectivity index (χ3v) is 3.27. The normalized spacial score (nSPS) is 12.2. The Labute approximate surface area is 162 Å². The van der Waals surface area contributed by atoms with Crippen LogP contribution in [-0.2, 0) is 0 Å². The zero-order valence-corrected chi connectivity index (χ0v) is 16.2. The summed E-state index contributed by atoms with van der Waals surface area (Å²) in [5, 5.41) is 6.88. The molecule has 2 rings (SSSR count). The zero-order valence-electron chi connectivity index (χ0n) is 14.7. The lowest BCUT2D eigenvalue weighted by Crippen LogP contribution is -2.15. The fourth-order valence-electron chi connectivity index (χ4n) is 1.92. The molecule has 136 valence electrons. The minimum absolute atomic E-state index is 0.149. The summed E-state index contributed by atoms with van der Waals surface area (Å²) in [5.41, 5.74) is 1.25. The number of aromatic nitrogens is 4. The van der Waals surface area contributed by atoms with Gasteiger partial charge in [-0.2, -0.15) is 15.0 Å². The Morgan fingerprint density at radius 3 is 2.58 bits per heavy atom. The minimum Gasteiger partial charge on any atom is -0.352 e. The highest BCUT2D eigenvalue weighted by Crippen LogP contribution is 2.19. The van der Waals surface area contributed by atoms with Crippen molar-refractivity contribution in [2.45, 2.75) is 26.8 Å². The summed E-state index contributed by atoms with van der Waals surface area (Å²) < 4.78 is 0. The van der Waals surface area contributed by atoms with Crippen LogP contribution in [0.4, 0.5) is 11.9 Å². The quantitative estimate of drug-likeness (QED) is 0.533. The van der Waals surface area contributed by atoms with Gasteiger partial charge in [0, 0.05) is 17.9 Å². The van der Waals surface area contributed by atoms with Gasteiger partial charge in [0.1, 0.15) is 16.0 Å². The molecular weight excluding hydrogens is 373 g/mol. The maximum Gasteiger partial charge on any atom is 0.232 e. The van der Waals surface area contributed by atoms with Gasteiger partial charge < -0.3 is 10.6 Å². The third-order valence-electron chi connectivity index (χ3n) is 2.86. The van der Waals surface area contributed by atoms with Crippen LogP contribution < -0.4 is 10.6 Å². The van der Waals surface area contributed by atoms with Crippen molar-refractivity contribution in [3.63, 3.8) is 0 Å². The van der Waals surface area contributed by atoms with E-state index in [-0.39, 0.29) is 11.2 Å². The molecule has 0 bridgehead atoms. The highest BCUT2D eigenvalue weighted by molar-refractivity contribution is 6.68. The lowest BCUT2D eigenvalue weighted by Gasteiger charge is -2.12. The Bertz CT molecular complexity index is 847. The molecule has 2 aromatic heterocycles. The van der Waals surface area contributed by atoms with Gasteiger partial charge in [0.05, 0.1) is 0 Å². The number of aliphatic imine (C=N–C) groups is 1. The van der Waals surface area contributed by atoms with Crippen LogP contribution >= 0.6 is 23.2 Å². The smallest absolute Gasteiger partial charge is 0.232 e. The lowest BCUT2D eigenvalue weighted by atomic mass is 10.3. The van der Waals surface area contributed by atoms with E-state index in [1.54, 1.807) is 24.3 Å². The van der Waals surface area contributed by atoms with E-state index in [9.17, 15) is 0 Å². The average Bonchev–Trinajstić information content (AvgIpc) is 2.53. The molecule has 9 heteroatoms. The van der Waals surface area contributed by atoms with Gasteiger partial charge in [-0.1, -0.05) is 35.8 Å². The van der Waals surface area contributed by atoms with Crippen LogP contribution in [0.1, 0.15) is 20.8 Å². The molecule has 0 aromatic carbocycles. The summed E-state index contributed by atoms with van der Waals surface area (Å²) in [5.74, 6) is 1.16. The number of halogens is 2. The number of nitrogens with one attached hydrogen (secondary N) is 2. The molecule has 0 spiro atoms. The number of rotatable bonds is 7. The number of nitrogens with zero attached hydrogens (tertiary/aromatic N) is 5. The fraction of sp³-hybridized carbons (Fsp3) is 0.235. The van der Waals surface area contributed by atoms with Crippen LogP contribution in [0.5, 0.6) is 0 Å². The molecule has 2 N–H and O–H groups in total. The SMILES string of the molecule is C=CN=C(Cl)/C=C(\C)Nc1nc(NC(C)C)nc(-c2cccc(Cl)n2)n1. The molecule has 2 aromatic rings. The molecule has 0 atom stereocenters. The third kappa shape index (κ3) is 6.09. The molecule has 7 nitrogen and oxygen atoms in total. The van der Waals surface area contributed by atoms with Crippen molar-refractivity contribution >= 4 is 40.3 Å². The summed E-state index contributed by atoms with van der Waals surface area (Å²) >= 11 is 11.9. The monoisotopic (exact) mass is 391 g/mol. The summed E-state index contributed by atoms with van der Waals surface area (Å²) in [4.78, 5) is 21.3. The first-order valence-electron chi connectivity index (χ1n) is 7.82. The zero-order chi connectivity index (χ0) is 19.1. The molecule has 2 heterocycles. The maximum atomic E-state index is 5.97. The summed E-state index contributed by atoms with van der Waals surface area (Å²) in [6.45, 7) is 9.30. The molecule has 0 amide bonds. The van der Waals surface area contributed by atoms with E-state index in [1.807, 2.05) is 20.8 Å². The highest BCUT2D eigenvalue weighted by atomic mass is 35.5. The van der Waals surface area contributed by atoms with Gasteiger partial charge in [0.2, 0.25) is 11.9 Å². The first kappa shape index (κ1) is 19.8. The largest absolute Gasteiger partial charge is 0.352 e. The Balaban J connectivity index is 2.40. The van der Waals surface area contributed by atoms with E-state index in [4.69, 9.17) is 23.2 Å². The van der Waals surface area contributed by atoms with E-state index >= 15 is 0 Å². The van der Waals surface area contributed by atoms with E-state index in [0.29, 0.717) is 34.3 Å². The van der Waals surface area contributed by atoms with Crippen molar-refractivity contribution in [1.82, 2.24) is 19.9 Å². The van der Waals surface area contributed by atoms with Crippen LogP contribution in [0.15, 0.2) is 47.7 Å². The number of pyridine rings is 1. The Hall–Kier alpha value is -2.51. The molecule has 0 radical (unpaired) electrons. The minimum atomic E-state index is 0.149. The molecule has 0 aliphatic carbocycles. The molecule has 0 unspecified atom stereocenters. The van der Waals surface area contributed by atoms with E-state index < -0.39 is 0 Å². The maximum absolute atomic E-state index is 5.97. The number of allylic oxidation sites excluding steroid dienone is 2. The van der Waals surface area contributed by atoms with Crippen LogP contribution in [0.3, 0.4) is 0 Å². The second-order valence-electron chi connectivity index (χ2n) is 5.54. The molecule has 26 heavy (non-hydrogen) atoms. The van der Waals surface area contributed by atoms with E-state index in [1.165, 1.54) is 6.20 Å². The van der Waals surface area contributed by atoms with Crippen molar-refractivity contribution in [2.24, 2.45) is 4.99 Å². The first-order valence-corrected chi connectivity index (χ1v) is 8.58. The molecule has 0 aliphatic rings. The second kappa shape index (κ2) is 9.26. The number of hydrogen-bond donors (Lipinski definition) is 2. The second-order valence-corrected chi connectivity index (χ2v) is 6.31. The first-order chi connectivity index (χ1) is 12.4.